The Kier molecular flexibility index (Phi) is 4.61. The van der Waals surface area contributed by atoms with E-state index in [0.717, 1.165) is 12.0 Å². The number of hydrogen-bond acceptors (Lipinski definition) is 3. The van der Waals surface area contributed by atoms with E-state index in [0.29, 0.717) is 19.5 Å². The molecule has 1 aromatic carbocycles. The Balaban J connectivity index is 1.70. The molecule has 0 aliphatic carbocycles. The van der Waals surface area contributed by atoms with Crippen LogP contribution in [0, 0.1) is 6.92 Å². The van der Waals surface area contributed by atoms with Crippen molar-refractivity contribution in [3.05, 3.63) is 35.4 Å². The first kappa shape index (κ1) is 14.4. The summed E-state index contributed by atoms with van der Waals surface area (Å²) in [6.45, 7) is 2.94. The number of hydrogen-bond donors (Lipinski definition) is 1. The van der Waals surface area contributed by atoms with Gasteiger partial charge >= 0.3 is 6.09 Å². The van der Waals surface area contributed by atoms with Gasteiger partial charge in [-0.25, -0.2) is 4.79 Å². The van der Waals surface area contributed by atoms with Crippen LogP contribution in [0.2, 0.25) is 0 Å². The van der Waals surface area contributed by atoms with Gasteiger partial charge in [0.1, 0.15) is 6.10 Å². The Morgan fingerprint density at radius 2 is 2.30 bits per heavy atom. The van der Waals surface area contributed by atoms with Crippen molar-refractivity contribution >= 4 is 12.0 Å². The fourth-order valence-corrected chi connectivity index (χ4v) is 2.20. The zero-order valence-corrected chi connectivity index (χ0v) is 11.9. The standard InChI is InChI=1S/C15H20N2O3/c1-11-4-3-5-12(8-11)6-7-14(18)16-9-13-10-17(2)15(19)20-13/h3-5,8,13H,6-7,9-10H2,1-2H3,(H,16,18). The topological polar surface area (TPSA) is 58.6 Å². The maximum Gasteiger partial charge on any atom is 0.410 e. The van der Waals surface area contributed by atoms with Crippen LogP contribution in [0.25, 0.3) is 0 Å². The van der Waals surface area contributed by atoms with Gasteiger partial charge in [0, 0.05) is 13.5 Å². The summed E-state index contributed by atoms with van der Waals surface area (Å²) in [4.78, 5) is 24.4. The van der Waals surface area contributed by atoms with Crippen molar-refractivity contribution in [2.45, 2.75) is 25.9 Å². The first-order valence-corrected chi connectivity index (χ1v) is 6.78. The Labute approximate surface area is 118 Å². The van der Waals surface area contributed by atoms with Crippen molar-refractivity contribution in [2.75, 3.05) is 20.1 Å². The molecule has 1 aromatic rings. The number of rotatable bonds is 5. The van der Waals surface area contributed by atoms with E-state index in [1.807, 2.05) is 25.1 Å². The van der Waals surface area contributed by atoms with Crippen molar-refractivity contribution in [1.82, 2.24) is 10.2 Å². The summed E-state index contributed by atoms with van der Waals surface area (Å²) in [7, 11) is 1.68. The first-order valence-electron chi connectivity index (χ1n) is 6.78. The molecule has 5 heteroatoms. The number of benzene rings is 1. The normalized spacial score (nSPS) is 18.0. The molecule has 2 amide bonds. The molecule has 5 nitrogen and oxygen atoms in total. The smallest absolute Gasteiger partial charge is 0.410 e. The lowest BCUT2D eigenvalue weighted by molar-refractivity contribution is -0.121. The van der Waals surface area contributed by atoms with Crippen LogP contribution in [0.1, 0.15) is 17.5 Å². The second-order valence-electron chi connectivity index (χ2n) is 5.18. The van der Waals surface area contributed by atoms with Gasteiger partial charge < -0.3 is 15.0 Å². The van der Waals surface area contributed by atoms with Crippen molar-refractivity contribution in [1.29, 1.82) is 0 Å². The second kappa shape index (κ2) is 6.41. The highest BCUT2D eigenvalue weighted by Crippen LogP contribution is 2.08. The Bertz CT molecular complexity index is 502. The van der Waals surface area contributed by atoms with Gasteiger partial charge in [0.05, 0.1) is 13.1 Å². The second-order valence-corrected chi connectivity index (χ2v) is 5.18. The van der Waals surface area contributed by atoms with Gasteiger partial charge in [-0.3, -0.25) is 4.79 Å². The van der Waals surface area contributed by atoms with Gasteiger partial charge in [-0.05, 0) is 18.9 Å². The zero-order valence-electron chi connectivity index (χ0n) is 11.9. The highest BCUT2D eigenvalue weighted by atomic mass is 16.6. The third-order valence-corrected chi connectivity index (χ3v) is 3.31. The van der Waals surface area contributed by atoms with Crippen molar-refractivity contribution in [3.8, 4) is 0 Å². The maximum atomic E-state index is 11.8. The predicted molar refractivity (Wildman–Crippen MR) is 75.4 cm³/mol. The van der Waals surface area contributed by atoms with Gasteiger partial charge in [0.2, 0.25) is 5.91 Å². The van der Waals surface area contributed by atoms with E-state index in [1.54, 1.807) is 7.05 Å². The number of carbonyl (C=O) groups excluding carboxylic acids is 2. The molecule has 1 aliphatic rings. The largest absolute Gasteiger partial charge is 0.442 e. The molecule has 1 unspecified atom stereocenters. The van der Waals surface area contributed by atoms with Crippen molar-refractivity contribution in [2.24, 2.45) is 0 Å². The molecule has 1 fully saturated rings. The van der Waals surface area contributed by atoms with E-state index in [2.05, 4.69) is 11.4 Å². The van der Waals surface area contributed by atoms with E-state index in [-0.39, 0.29) is 18.1 Å². The molecular weight excluding hydrogens is 256 g/mol. The Hall–Kier alpha value is -2.04. The van der Waals surface area contributed by atoms with Gasteiger partial charge in [0.25, 0.3) is 0 Å². The number of likely N-dealkylation sites (N-methyl/N-ethyl adjacent to an activating group) is 1. The number of ether oxygens (including phenoxy) is 1. The monoisotopic (exact) mass is 276 g/mol. The minimum Gasteiger partial charge on any atom is -0.442 e. The summed E-state index contributed by atoms with van der Waals surface area (Å²) < 4.78 is 5.07. The molecule has 0 bridgehead atoms. The fourth-order valence-electron chi connectivity index (χ4n) is 2.20. The van der Waals surface area contributed by atoms with Crippen LogP contribution in [-0.4, -0.2) is 43.1 Å². The highest BCUT2D eigenvalue weighted by molar-refractivity contribution is 5.76. The minimum absolute atomic E-state index is 0.0166. The minimum atomic E-state index is -0.330. The molecule has 20 heavy (non-hydrogen) atoms. The number of aryl methyl sites for hydroxylation is 2. The molecule has 2 rings (SSSR count). The van der Waals surface area contributed by atoms with Crippen LogP contribution in [0.5, 0.6) is 0 Å². The summed E-state index contributed by atoms with van der Waals surface area (Å²) in [6.07, 6.45) is 0.595. The third kappa shape index (κ3) is 3.98. The molecule has 1 aliphatic heterocycles. The van der Waals surface area contributed by atoms with Crippen LogP contribution in [0.3, 0.4) is 0 Å². The third-order valence-electron chi connectivity index (χ3n) is 3.31. The number of carbonyl (C=O) groups is 2. The number of cyclic esters (lactones) is 1. The van der Waals surface area contributed by atoms with Crippen LogP contribution < -0.4 is 5.32 Å². The van der Waals surface area contributed by atoms with E-state index >= 15 is 0 Å². The van der Waals surface area contributed by atoms with Crippen LogP contribution in [0.4, 0.5) is 4.79 Å². The summed E-state index contributed by atoms with van der Waals surface area (Å²) in [5, 5.41) is 2.81. The van der Waals surface area contributed by atoms with Gasteiger partial charge in [-0.2, -0.15) is 0 Å². The molecule has 0 radical (unpaired) electrons. The molecule has 1 N–H and O–H groups in total. The lowest BCUT2D eigenvalue weighted by Gasteiger charge is -2.10. The molecule has 1 atom stereocenters. The van der Waals surface area contributed by atoms with Gasteiger partial charge in [-0.1, -0.05) is 29.8 Å². The lowest BCUT2D eigenvalue weighted by Crippen LogP contribution is -2.34. The lowest BCUT2D eigenvalue weighted by atomic mass is 10.1. The number of nitrogens with one attached hydrogen (secondary N) is 1. The predicted octanol–water partition coefficient (Wildman–Crippen LogP) is 1.49. The van der Waals surface area contributed by atoms with Crippen LogP contribution >= 0.6 is 0 Å². The quantitative estimate of drug-likeness (QED) is 0.886. The number of nitrogens with zero attached hydrogens (tertiary/aromatic N) is 1. The fraction of sp³-hybridized carbons (Fsp3) is 0.467. The van der Waals surface area contributed by atoms with E-state index in [1.165, 1.54) is 10.5 Å². The Morgan fingerprint density at radius 3 is 2.95 bits per heavy atom. The van der Waals surface area contributed by atoms with Crippen molar-refractivity contribution < 1.29 is 14.3 Å². The van der Waals surface area contributed by atoms with Crippen LogP contribution in [0.15, 0.2) is 24.3 Å². The molecule has 0 saturated carbocycles. The van der Waals surface area contributed by atoms with Crippen LogP contribution in [-0.2, 0) is 16.0 Å². The van der Waals surface area contributed by atoms with E-state index in [9.17, 15) is 9.59 Å². The molecule has 0 aromatic heterocycles. The molecule has 108 valence electrons. The maximum absolute atomic E-state index is 11.8. The summed E-state index contributed by atoms with van der Waals surface area (Å²) in [5.41, 5.74) is 2.36. The first-order chi connectivity index (χ1) is 9.54. The molecule has 0 spiro atoms. The van der Waals surface area contributed by atoms with Gasteiger partial charge in [0.15, 0.2) is 0 Å². The van der Waals surface area contributed by atoms with Gasteiger partial charge in [-0.15, -0.1) is 0 Å². The molecule has 1 saturated heterocycles. The average molecular weight is 276 g/mol. The average Bonchev–Trinajstić information content (AvgIpc) is 2.73. The van der Waals surface area contributed by atoms with Crippen molar-refractivity contribution in [3.63, 3.8) is 0 Å². The number of amides is 2. The van der Waals surface area contributed by atoms with E-state index in [4.69, 9.17) is 4.74 Å². The molecule has 1 heterocycles. The highest BCUT2D eigenvalue weighted by Gasteiger charge is 2.28. The SMILES string of the molecule is Cc1cccc(CCC(=O)NCC2CN(C)C(=O)O2)c1. The Morgan fingerprint density at radius 1 is 1.50 bits per heavy atom. The van der Waals surface area contributed by atoms with E-state index < -0.39 is 0 Å². The summed E-state index contributed by atoms with van der Waals surface area (Å²) in [6, 6.07) is 8.14. The zero-order chi connectivity index (χ0) is 14.5. The molecular formula is C15H20N2O3. The summed E-state index contributed by atoms with van der Waals surface area (Å²) in [5.74, 6) is -0.0166. The summed E-state index contributed by atoms with van der Waals surface area (Å²) >= 11 is 0.